The summed E-state index contributed by atoms with van der Waals surface area (Å²) in [6.07, 6.45) is 5.69. The van der Waals surface area contributed by atoms with Gasteiger partial charge in [-0.2, -0.15) is 0 Å². The molecule has 0 aromatic rings. The van der Waals surface area contributed by atoms with Gasteiger partial charge in [0.1, 0.15) is 0 Å². The van der Waals surface area contributed by atoms with Gasteiger partial charge in [0.2, 0.25) is 5.91 Å². The molecule has 3 atom stereocenters. The van der Waals surface area contributed by atoms with Crippen LogP contribution >= 0.6 is 0 Å². The van der Waals surface area contributed by atoms with Gasteiger partial charge in [-0.3, -0.25) is 4.79 Å². The maximum Gasteiger partial charge on any atom is 0.220 e. The van der Waals surface area contributed by atoms with Gasteiger partial charge in [-0.25, -0.2) is 0 Å². The quantitative estimate of drug-likeness (QED) is 0.708. The number of nitrogens with one attached hydrogen (secondary N) is 2. The average Bonchev–Trinajstić information content (AvgIpc) is 2.72. The third-order valence-corrected chi connectivity index (χ3v) is 3.43. The molecule has 0 spiro atoms. The summed E-state index contributed by atoms with van der Waals surface area (Å²) in [5.41, 5.74) is 0. The molecular formula is C11H20N2O. The minimum absolute atomic E-state index is 0.219. The van der Waals surface area contributed by atoms with E-state index in [1.165, 1.54) is 19.3 Å². The van der Waals surface area contributed by atoms with E-state index in [1.54, 1.807) is 0 Å². The Morgan fingerprint density at radius 1 is 1.43 bits per heavy atom. The van der Waals surface area contributed by atoms with Gasteiger partial charge in [0.25, 0.3) is 0 Å². The highest BCUT2D eigenvalue weighted by molar-refractivity contribution is 5.78. The Balaban J connectivity index is 1.65. The Morgan fingerprint density at radius 2 is 2.29 bits per heavy atom. The van der Waals surface area contributed by atoms with E-state index < -0.39 is 0 Å². The van der Waals surface area contributed by atoms with Crippen LogP contribution in [0.5, 0.6) is 0 Å². The van der Waals surface area contributed by atoms with Gasteiger partial charge in [0.05, 0.1) is 0 Å². The summed E-state index contributed by atoms with van der Waals surface area (Å²) in [4.78, 5) is 11.0. The molecule has 14 heavy (non-hydrogen) atoms. The third-order valence-electron chi connectivity index (χ3n) is 3.43. The van der Waals surface area contributed by atoms with E-state index in [9.17, 15) is 4.79 Å². The fourth-order valence-electron chi connectivity index (χ4n) is 2.53. The second kappa shape index (κ2) is 4.30. The summed E-state index contributed by atoms with van der Waals surface area (Å²) in [6, 6.07) is 1.08. The molecule has 1 saturated heterocycles. The van der Waals surface area contributed by atoms with E-state index in [0.717, 1.165) is 18.9 Å². The number of carbonyl (C=O) groups excluding carboxylic acids is 1. The highest BCUT2D eigenvalue weighted by Gasteiger charge is 2.24. The van der Waals surface area contributed by atoms with Crippen LogP contribution in [0.15, 0.2) is 0 Å². The van der Waals surface area contributed by atoms with Crippen LogP contribution < -0.4 is 10.6 Å². The van der Waals surface area contributed by atoms with E-state index in [-0.39, 0.29) is 5.91 Å². The lowest BCUT2D eigenvalue weighted by atomic mass is 10.1. The Kier molecular flexibility index (Phi) is 3.06. The second-order valence-corrected chi connectivity index (χ2v) is 4.83. The predicted octanol–water partition coefficient (Wildman–Crippen LogP) is 1.04. The van der Waals surface area contributed by atoms with E-state index in [0.29, 0.717) is 18.5 Å². The molecule has 2 aliphatic rings. The Bertz CT molecular complexity index is 217. The second-order valence-electron chi connectivity index (χ2n) is 4.83. The summed E-state index contributed by atoms with van der Waals surface area (Å²) in [6.45, 7) is 3.28. The maximum atomic E-state index is 11.0. The van der Waals surface area contributed by atoms with Gasteiger partial charge < -0.3 is 10.6 Å². The first kappa shape index (κ1) is 9.97. The van der Waals surface area contributed by atoms with Gasteiger partial charge in [-0.1, -0.05) is 6.92 Å². The van der Waals surface area contributed by atoms with Gasteiger partial charge in [0.15, 0.2) is 0 Å². The monoisotopic (exact) mass is 196 g/mol. The molecule has 0 aromatic carbocycles. The van der Waals surface area contributed by atoms with Crippen molar-refractivity contribution in [2.45, 2.75) is 51.1 Å². The van der Waals surface area contributed by atoms with E-state index >= 15 is 0 Å². The fourth-order valence-corrected chi connectivity index (χ4v) is 2.53. The smallest absolute Gasteiger partial charge is 0.220 e. The first-order valence-corrected chi connectivity index (χ1v) is 5.77. The van der Waals surface area contributed by atoms with Crippen molar-refractivity contribution in [1.82, 2.24) is 10.6 Å². The van der Waals surface area contributed by atoms with Gasteiger partial charge in [-0.05, 0) is 31.6 Å². The third kappa shape index (κ3) is 2.47. The molecular weight excluding hydrogens is 176 g/mol. The fraction of sp³-hybridized carbons (Fsp3) is 0.909. The predicted molar refractivity (Wildman–Crippen MR) is 56.0 cm³/mol. The number of hydrogen-bond acceptors (Lipinski definition) is 2. The van der Waals surface area contributed by atoms with E-state index in [2.05, 4.69) is 17.6 Å². The Morgan fingerprint density at radius 3 is 2.86 bits per heavy atom. The summed E-state index contributed by atoms with van der Waals surface area (Å²) >= 11 is 0. The molecule has 0 aromatic heterocycles. The highest BCUT2D eigenvalue weighted by atomic mass is 16.1. The minimum atomic E-state index is 0.219. The topological polar surface area (TPSA) is 41.1 Å². The van der Waals surface area contributed by atoms with Crippen LogP contribution in [0.1, 0.15) is 39.0 Å². The Hall–Kier alpha value is -0.570. The molecule has 1 aliphatic heterocycles. The number of hydrogen-bond donors (Lipinski definition) is 2. The molecule has 1 heterocycles. The standard InChI is InChI=1S/C11H20N2O/c1-8-2-3-9(6-8)12-7-10-4-5-11(14)13-10/h8-10,12H,2-7H2,1H3,(H,13,14). The lowest BCUT2D eigenvalue weighted by molar-refractivity contribution is -0.119. The van der Waals surface area contributed by atoms with Gasteiger partial charge >= 0.3 is 0 Å². The van der Waals surface area contributed by atoms with E-state index in [4.69, 9.17) is 0 Å². The number of rotatable bonds is 3. The van der Waals surface area contributed by atoms with Crippen molar-refractivity contribution in [2.75, 3.05) is 6.54 Å². The molecule has 1 saturated carbocycles. The molecule has 80 valence electrons. The van der Waals surface area contributed by atoms with Crippen LogP contribution in [0.25, 0.3) is 0 Å². The largest absolute Gasteiger partial charge is 0.352 e. The van der Waals surface area contributed by atoms with Crippen molar-refractivity contribution in [3.8, 4) is 0 Å². The number of amides is 1. The zero-order valence-corrected chi connectivity index (χ0v) is 8.88. The summed E-state index contributed by atoms with van der Waals surface area (Å²) < 4.78 is 0. The van der Waals surface area contributed by atoms with E-state index in [1.807, 2.05) is 0 Å². The first-order valence-electron chi connectivity index (χ1n) is 5.77. The zero-order valence-electron chi connectivity index (χ0n) is 8.88. The first-order chi connectivity index (χ1) is 6.74. The normalized spacial score (nSPS) is 37.5. The van der Waals surface area contributed by atoms with Crippen molar-refractivity contribution in [2.24, 2.45) is 5.92 Å². The highest BCUT2D eigenvalue weighted by Crippen LogP contribution is 2.24. The van der Waals surface area contributed by atoms with Crippen LogP contribution in [0.2, 0.25) is 0 Å². The van der Waals surface area contributed by atoms with Crippen LogP contribution in [0.4, 0.5) is 0 Å². The average molecular weight is 196 g/mol. The molecule has 0 bridgehead atoms. The molecule has 2 N–H and O–H groups in total. The molecule has 2 fully saturated rings. The zero-order chi connectivity index (χ0) is 9.97. The van der Waals surface area contributed by atoms with Crippen molar-refractivity contribution >= 4 is 5.91 Å². The minimum Gasteiger partial charge on any atom is -0.352 e. The summed E-state index contributed by atoms with van der Waals surface area (Å²) in [7, 11) is 0. The van der Waals surface area contributed by atoms with Crippen LogP contribution in [-0.4, -0.2) is 24.5 Å². The van der Waals surface area contributed by atoms with Crippen molar-refractivity contribution < 1.29 is 4.79 Å². The molecule has 0 radical (unpaired) electrons. The number of carbonyl (C=O) groups is 1. The lowest BCUT2D eigenvalue weighted by Crippen LogP contribution is -2.39. The molecule has 1 amide bonds. The molecule has 1 aliphatic carbocycles. The van der Waals surface area contributed by atoms with Gasteiger partial charge in [0, 0.05) is 25.0 Å². The lowest BCUT2D eigenvalue weighted by Gasteiger charge is -2.16. The molecule has 2 rings (SSSR count). The summed E-state index contributed by atoms with van der Waals surface area (Å²) in [5.74, 6) is 1.10. The Labute approximate surface area is 85.6 Å². The van der Waals surface area contributed by atoms with Crippen LogP contribution in [-0.2, 0) is 4.79 Å². The maximum absolute atomic E-state index is 11.0. The van der Waals surface area contributed by atoms with Crippen molar-refractivity contribution in [1.29, 1.82) is 0 Å². The van der Waals surface area contributed by atoms with Crippen LogP contribution in [0.3, 0.4) is 0 Å². The van der Waals surface area contributed by atoms with Crippen LogP contribution in [0, 0.1) is 5.92 Å². The molecule has 3 heteroatoms. The van der Waals surface area contributed by atoms with Gasteiger partial charge in [-0.15, -0.1) is 0 Å². The van der Waals surface area contributed by atoms with Crippen molar-refractivity contribution in [3.63, 3.8) is 0 Å². The molecule has 3 nitrogen and oxygen atoms in total. The molecule has 3 unspecified atom stereocenters. The SMILES string of the molecule is CC1CCC(NCC2CCC(=O)N2)C1. The summed E-state index contributed by atoms with van der Waals surface area (Å²) in [5, 5.41) is 6.55. The van der Waals surface area contributed by atoms with Crippen molar-refractivity contribution in [3.05, 3.63) is 0 Å².